The van der Waals surface area contributed by atoms with Crippen molar-refractivity contribution in [3.05, 3.63) is 29.8 Å². The van der Waals surface area contributed by atoms with Crippen LogP contribution < -0.4 is 9.46 Å². The van der Waals surface area contributed by atoms with Crippen LogP contribution >= 0.6 is 0 Å². The van der Waals surface area contributed by atoms with Gasteiger partial charge in [-0.25, -0.2) is 13.1 Å². The Kier molecular flexibility index (Phi) is 5.31. The van der Waals surface area contributed by atoms with Crippen molar-refractivity contribution in [1.29, 1.82) is 0 Å². The van der Waals surface area contributed by atoms with Gasteiger partial charge in [0, 0.05) is 31.5 Å². The van der Waals surface area contributed by atoms with Crippen LogP contribution in [-0.4, -0.2) is 64.4 Å². The zero-order valence-electron chi connectivity index (χ0n) is 14.5. The number of ether oxygens (including phenoxy) is 2. The largest absolute Gasteiger partial charge is 0.484 e. The zero-order chi connectivity index (χ0) is 18.0. The summed E-state index contributed by atoms with van der Waals surface area (Å²) in [6, 6.07) is 7.56. The topological polar surface area (TPSA) is 84.9 Å². The van der Waals surface area contributed by atoms with Crippen molar-refractivity contribution in [2.24, 2.45) is 11.8 Å². The summed E-state index contributed by atoms with van der Waals surface area (Å²) in [5, 5.41) is 0. The van der Waals surface area contributed by atoms with Crippen LogP contribution in [0.1, 0.15) is 5.56 Å². The Morgan fingerprint density at radius 2 is 2.04 bits per heavy atom. The maximum atomic E-state index is 12.4. The fourth-order valence-corrected chi connectivity index (χ4v) is 3.86. The highest BCUT2D eigenvalue weighted by Gasteiger charge is 2.45. The van der Waals surface area contributed by atoms with Gasteiger partial charge in [-0.15, -0.1) is 0 Å². The first-order chi connectivity index (χ1) is 11.8. The molecular formula is C17H24N2O5S. The summed E-state index contributed by atoms with van der Waals surface area (Å²) in [6.45, 7) is 3.98. The number of hydrogen-bond acceptors (Lipinski definition) is 5. The van der Waals surface area contributed by atoms with Gasteiger partial charge in [-0.05, 0) is 19.1 Å². The lowest BCUT2D eigenvalue weighted by Gasteiger charge is -2.20. The van der Waals surface area contributed by atoms with Crippen LogP contribution in [0.3, 0.4) is 0 Å². The van der Waals surface area contributed by atoms with Crippen LogP contribution in [0.5, 0.6) is 5.75 Å². The van der Waals surface area contributed by atoms with E-state index in [1.807, 2.05) is 31.2 Å². The molecule has 0 aromatic heterocycles. The van der Waals surface area contributed by atoms with Gasteiger partial charge in [0.2, 0.25) is 10.0 Å². The van der Waals surface area contributed by atoms with Crippen LogP contribution in [0, 0.1) is 18.8 Å². The Morgan fingerprint density at radius 3 is 2.72 bits per heavy atom. The van der Waals surface area contributed by atoms with Crippen molar-refractivity contribution in [3.8, 4) is 5.75 Å². The summed E-state index contributed by atoms with van der Waals surface area (Å²) in [7, 11) is -3.22. The molecule has 7 nitrogen and oxygen atoms in total. The number of amides is 1. The molecule has 2 saturated heterocycles. The lowest BCUT2D eigenvalue weighted by Crippen LogP contribution is -2.36. The Labute approximate surface area is 148 Å². The summed E-state index contributed by atoms with van der Waals surface area (Å²) in [4.78, 5) is 14.1. The maximum absolute atomic E-state index is 12.4. The van der Waals surface area contributed by atoms with E-state index >= 15 is 0 Å². The minimum Gasteiger partial charge on any atom is -0.484 e. The average molecular weight is 368 g/mol. The van der Waals surface area contributed by atoms with E-state index in [4.69, 9.17) is 9.47 Å². The molecule has 1 aromatic carbocycles. The third-order valence-electron chi connectivity index (χ3n) is 4.78. The number of aryl methyl sites for hydroxylation is 1. The maximum Gasteiger partial charge on any atom is 0.260 e. The monoisotopic (exact) mass is 368 g/mol. The minimum atomic E-state index is -3.22. The standard InChI is InChI=1S/C17H24N2O5S/c1-12-3-5-14(6-4-12)23-11-17(20)19-8-15-13(7-18-25(2,21)22)10-24-16(15)9-19/h3-6,13,15-16,18H,7-11H2,1-2H3/t13-,15-,16-/m0/s1. The molecule has 0 radical (unpaired) electrons. The third-order valence-corrected chi connectivity index (χ3v) is 5.47. The number of benzene rings is 1. The predicted octanol–water partition coefficient (Wildman–Crippen LogP) is 0.396. The van der Waals surface area contributed by atoms with E-state index in [1.165, 1.54) is 0 Å². The molecule has 2 fully saturated rings. The molecule has 2 aliphatic rings. The molecule has 0 saturated carbocycles. The molecule has 1 amide bonds. The van der Waals surface area contributed by atoms with Gasteiger partial charge < -0.3 is 14.4 Å². The van der Waals surface area contributed by atoms with E-state index in [2.05, 4.69) is 4.72 Å². The van der Waals surface area contributed by atoms with E-state index in [0.29, 0.717) is 32.0 Å². The highest BCUT2D eigenvalue weighted by Crippen LogP contribution is 2.33. The third kappa shape index (κ3) is 4.71. The summed E-state index contributed by atoms with van der Waals surface area (Å²) in [6.07, 6.45) is 1.13. The van der Waals surface area contributed by atoms with Crippen LogP contribution in [-0.2, 0) is 19.6 Å². The van der Waals surface area contributed by atoms with Gasteiger partial charge in [-0.1, -0.05) is 17.7 Å². The molecule has 1 aromatic rings. The average Bonchev–Trinajstić information content (AvgIpc) is 3.12. The smallest absolute Gasteiger partial charge is 0.260 e. The minimum absolute atomic E-state index is 0.00520. The summed E-state index contributed by atoms with van der Waals surface area (Å²) in [5.74, 6) is 0.853. The van der Waals surface area contributed by atoms with Crippen LogP contribution in [0.4, 0.5) is 0 Å². The molecule has 138 valence electrons. The molecule has 25 heavy (non-hydrogen) atoms. The summed E-state index contributed by atoms with van der Waals surface area (Å²) >= 11 is 0. The number of sulfonamides is 1. The molecule has 2 heterocycles. The van der Waals surface area contributed by atoms with Gasteiger partial charge >= 0.3 is 0 Å². The first-order valence-electron chi connectivity index (χ1n) is 8.35. The number of carbonyl (C=O) groups excluding carboxylic acids is 1. The van der Waals surface area contributed by atoms with E-state index < -0.39 is 10.0 Å². The van der Waals surface area contributed by atoms with Crippen molar-refractivity contribution in [1.82, 2.24) is 9.62 Å². The molecule has 8 heteroatoms. The second-order valence-corrected chi connectivity index (χ2v) is 8.65. The van der Waals surface area contributed by atoms with Gasteiger partial charge in [0.25, 0.3) is 5.91 Å². The van der Waals surface area contributed by atoms with Crippen molar-refractivity contribution in [2.75, 3.05) is 39.1 Å². The molecule has 3 rings (SSSR count). The van der Waals surface area contributed by atoms with Gasteiger partial charge in [0.1, 0.15) is 5.75 Å². The number of nitrogens with zero attached hydrogens (tertiary/aromatic N) is 1. The number of rotatable bonds is 6. The Morgan fingerprint density at radius 1 is 1.32 bits per heavy atom. The number of fused-ring (bicyclic) bond motifs is 1. The Hall–Kier alpha value is -1.64. The summed E-state index contributed by atoms with van der Waals surface area (Å²) < 4.78 is 36.4. The quantitative estimate of drug-likeness (QED) is 0.786. The molecule has 0 unspecified atom stereocenters. The molecule has 3 atom stereocenters. The predicted molar refractivity (Wildman–Crippen MR) is 92.8 cm³/mol. The first-order valence-corrected chi connectivity index (χ1v) is 10.2. The molecule has 1 N–H and O–H groups in total. The second kappa shape index (κ2) is 7.31. The van der Waals surface area contributed by atoms with Crippen LogP contribution in [0.2, 0.25) is 0 Å². The van der Waals surface area contributed by atoms with E-state index in [9.17, 15) is 13.2 Å². The van der Waals surface area contributed by atoms with E-state index in [0.717, 1.165) is 11.8 Å². The van der Waals surface area contributed by atoms with Gasteiger partial charge in [0.05, 0.1) is 19.0 Å². The summed E-state index contributed by atoms with van der Waals surface area (Å²) in [5.41, 5.74) is 1.14. The highest BCUT2D eigenvalue weighted by atomic mass is 32.2. The van der Waals surface area contributed by atoms with Gasteiger partial charge in [-0.3, -0.25) is 4.79 Å². The molecular weight excluding hydrogens is 344 g/mol. The molecule has 2 aliphatic heterocycles. The number of carbonyl (C=O) groups is 1. The van der Waals surface area contributed by atoms with Crippen molar-refractivity contribution < 1.29 is 22.7 Å². The SMILES string of the molecule is Cc1ccc(OCC(=O)N2C[C@H]3[C@@H](CNS(C)(=O)=O)CO[C@H]3C2)cc1. The van der Waals surface area contributed by atoms with Crippen LogP contribution in [0.15, 0.2) is 24.3 Å². The normalized spacial score (nSPS) is 25.8. The molecule has 0 bridgehead atoms. The molecule has 0 aliphatic carbocycles. The number of hydrogen-bond donors (Lipinski definition) is 1. The Bertz CT molecular complexity index is 719. The molecule has 0 spiro atoms. The van der Waals surface area contributed by atoms with Gasteiger partial charge in [0.15, 0.2) is 6.61 Å². The number of nitrogens with one attached hydrogen (secondary N) is 1. The van der Waals surface area contributed by atoms with Crippen molar-refractivity contribution >= 4 is 15.9 Å². The lowest BCUT2D eigenvalue weighted by atomic mass is 9.93. The highest BCUT2D eigenvalue weighted by molar-refractivity contribution is 7.88. The van der Waals surface area contributed by atoms with Crippen molar-refractivity contribution in [2.45, 2.75) is 13.0 Å². The lowest BCUT2D eigenvalue weighted by molar-refractivity contribution is -0.133. The fraction of sp³-hybridized carbons (Fsp3) is 0.588. The fourth-order valence-electron chi connectivity index (χ4n) is 3.34. The zero-order valence-corrected chi connectivity index (χ0v) is 15.3. The van der Waals surface area contributed by atoms with E-state index in [-0.39, 0.29) is 30.5 Å². The van der Waals surface area contributed by atoms with E-state index in [1.54, 1.807) is 4.90 Å². The van der Waals surface area contributed by atoms with Crippen molar-refractivity contribution in [3.63, 3.8) is 0 Å². The van der Waals surface area contributed by atoms with Crippen LogP contribution in [0.25, 0.3) is 0 Å². The Balaban J connectivity index is 1.50. The second-order valence-electron chi connectivity index (χ2n) is 6.82. The number of likely N-dealkylation sites (tertiary alicyclic amines) is 1. The first kappa shape index (κ1) is 18.2. The van der Waals surface area contributed by atoms with Gasteiger partial charge in [-0.2, -0.15) is 0 Å².